The normalized spacial score (nSPS) is 13.9. The van der Waals surface area contributed by atoms with Crippen LogP contribution in [0.2, 0.25) is 0 Å². The highest BCUT2D eigenvalue weighted by Gasteiger charge is 2.29. The SMILES string of the molecule is CNC(C#N)(CSCCOC)c1ccccc1. The fourth-order valence-electron chi connectivity index (χ4n) is 1.54. The molecule has 1 N–H and O–H groups in total. The Labute approximate surface area is 107 Å². The van der Waals surface area contributed by atoms with Crippen LogP contribution < -0.4 is 5.32 Å². The second-order valence-electron chi connectivity index (χ2n) is 3.68. The third-order valence-corrected chi connectivity index (χ3v) is 3.73. The fourth-order valence-corrected chi connectivity index (χ4v) is 2.65. The molecule has 17 heavy (non-hydrogen) atoms. The minimum atomic E-state index is -0.611. The van der Waals surface area contributed by atoms with Crippen LogP contribution in [0, 0.1) is 11.3 Å². The van der Waals surface area contributed by atoms with Crippen LogP contribution in [0.15, 0.2) is 30.3 Å². The summed E-state index contributed by atoms with van der Waals surface area (Å²) in [4.78, 5) is 0. The van der Waals surface area contributed by atoms with Gasteiger partial charge in [-0.2, -0.15) is 17.0 Å². The third kappa shape index (κ3) is 3.74. The average molecular weight is 250 g/mol. The van der Waals surface area contributed by atoms with E-state index in [1.807, 2.05) is 37.4 Å². The first-order valence-electron chi connectivity index (χ1n) is 5.51. The molecule has 0 aliphatic carbocycles. The maximum Gasteiger partial charge on any atom is 0.141 e. The first-order valence-corrected chi connectivity index (χ1v) is 6.67. The molecule has 0 aliphatic rings. The summed E-state index contributed by atoms with van der Waals surface area (Å²) < 4.78 is 5.01. The highest BCUT2D eigenvalue weighted by Crippen LogP contribution is 2.24. The summed E-state index contributed by atoms with van der Waals surface area (Å²) in [7, 11) is 3.51. The Morgan fingerprint density at radius 1 is 1.41 bits per heavy atom. The lowest BCUT2D eigenvalue weighted by Gasteiger charge is -2.26. The zero-order valence-electron chi connectivity index (χ0n) is 10.3. The molecule has 0 fully saturated rings. The molecule has 4 heteroatoms. The van der Waals surface area contributed by atoms with Gasteiger partial charge in [0.15, 0.2) is 0 Å². The van der Waals surface area contributed by atoms with Crippen LogP contribution in [-0.4, -0.2) is 32.3 Å². The van der Waals surface area contributed by atoms with E-state index in [1.165, 1.54) is 0 Å². The highest BCUT2D eigenvalue weighted by atomic mass is 32.2. The van der Waals surface area contributed by atoms with Crippen LogP contribution in [0.1, 0.15) is 5.56 Å². The third-order valence-electron chi connectivity index (χ3n) is 2.63. The Bertz CT molecular complexity index is 363. The van der Waals surface area contributed by atoms with Crippen molar-refractivity contribution < 1.29 is 4.74 Å². The molecule has 0 bridgehead atoms. The first kappa shape index (κ1) is 14.0. The largest absolute Gasteiger partial charge is 0.384 e. The number of nitrogens with zero attached hydrogens (tertiary/aromatic N) is 1. The molecule has 1 aromatic carbocycles. The maximum absolute atomic E-state index is 9.43. The summed E-state index contributed by atoms with van der Waals surface area (Å²) in [5.41, 5.74) is 0.398. The van der Waals surface area contributed by atoms with Crippen molar-refractivity contribution in [3.8, 4) is 6.07 Å². The van der Waals surface area contributed by atoms with Gasteiger partial charge in [-0.05, 0) is 12.6 Å². The number of methoxy groups -OCH3 is 1. The van der Waals surface area contributed by atoms with Crippen LogP contribution in [0.3, 0.4) is 0 Å². The number of benzene rings is 1. The fraction of sp³-hybridized carbons (Fsp3) is 0.462. The minimum absolute atomic E-state index is 0.611. The number of nitriles is 1. The molecular weight excluding hydrogens is 232 g/mol. The summed E-state index contributed by atoms with van der Waals surface area (Å²) in [5, 5.41) is 12.6. The number of hydrogen-bond donors (Lipinski definition) is 1. The highest BCUT2D eigenvalue weighted by molar-refractivity contribution is 7.99. The lowest BCUT2D eigenvalue weighted by molar-refractivity contribution is 0.218. The molecule has 0 spiro atoms. The van der Waals surface area contributed by atoms with Crippen LogP contribution >= 0.6 is 11.8 Å². The smallest absolute Gasteiger partial charge is 0.141 e. The van der Waals surface area contributed by atoms with E-state index in [-0.39, 0.29) is 0 Å². The van der Waals surface area contributed by atoms with Gasteiger partial charge in [-0.25, -0.2) is 0 Å². The zero-order chi connectivity index (χ0) is 12.6. The average Bonchev–Trinajstić information content (AvgIpc) is 2.41. The van der Waals surface area contributed by atoms with Gasteiger partial charge in [0.05, 0.1) is 12.7 Å². The van der Waals surface area contributed by atoms with Gasteiger partial charge in [0.25, 0.3) is 0 Å². The topological polar surface area (TPSA) is 45.0 Å². The molecule has 0 heterocycles. The van der Waals surface area contributed by atoms with E-state index < -0.39 is 5.54 Å². The number of rotatable bonds is 7. The van der Waals surface area contributed by atoms with Gasteiger partial charge in [-0.1, -0.05) is 30.3 Å². The van der Waals surface area contributed by atoms with Gasteiger partial charge >= 0.3 is 0 Å². The Morgan fingerprint density at radius 2 is 2.12 bits per heavy atom. The van der Waals surface area contributed by atoms with Crippen molar-refractivity contribution in [1.82, 2.24) is 5.32 Å². The standard InChI is InChI=1S/C13H18N2OS/c1-15-13(10-14,11-17-9-8-16-2)12-6-4-3-5-7-12/h3-7,15H,8-9,11H2,1-2H3. The maximum atomic E-state index is 9.43. The molecule has 3 nitrogen and oxygen atoms in total. The van der Waals surface area contributed by atoms with Crippen molar-refractivity contribution in [2.75, 3.05) is 32.3 Å². The van der Waals surface area contributed by atoms with Crippen molar-refractivity contribution in [2.24, 2.45) is 0 Å². The van der Waals surface area contributed by atoms with E-state index in [0.717, 1.165) is 11.3 Å². The van der Waals surface area contributed by atoms with Crippen molar-refractivity contribution in [2.45, 2.75) is 5.54 Å². The van der Waals surface area contributed by atoms with Crippen molar-refractivity contribution in [3.05, 3.63) is 35.9 Å². The Morgan fingerprint density at radius 3 is 2.65 bits per heavy atom. The van der Waals surface area contributed by atoms with Gasteiger partial charge in [0, 0.05) is 18.6 Å². The lowest BCUT2D eigenvalue weighted by atomic mass is 9.94. The van der Waals surface area contributed by atoms with Crippen LogP contribution in [0.25, 0.3) is 0 Å². The molecule has 1 aromatic rings. The molecule has 0 saturated carbocycles. The number of thioether (sulfide) groups is 1. The summed E-state index contributed by atoms with van der Waals surface area (Å²) in [6, 6.07) is 12.2. The molecular formula is C13H18N2OS. The number of hydrogen-bond acceptors (Lipinski definition) is 4. The molecule has 1 rings (SSSR count). The molecule has 0 aliphatic heterocycles. The molecule has 0 amide bonds. The monoisotopic (exact) mass is 250 g/mol. The van der Waals surface area contributed by atoms with E-state index in [1.54, 1.807) is 18.9 Å². The quantitative estimate of drug-likeness (QED) is 0.752. The predicted octanol–water partition coefficient (Wildman–Crippen LogP) is 2.00. The van der Waals surface area contributed by atoms with Gasteiger partial charge < -0.3 is 4.74 Å². The molecule has 1 atom stereocenters. The molecule has 0 aromatic heterocycles. The van der Waals surface area contributed by atoms with E-state index in [0.29, 0.717) is 12.4 Å². The summed E-state index contributed by atoms with van der Waals surface area (Å²) in [5.74, 6) is 1.61. The Balaban J connectivity index is 2.73. The minimum Gasteiger partial charge on any atom is -0.384 e. The number of ether oxygens (including phenoxy) is 1. The predicted molar refractivity (Wildman–Crippen MR) is 72.0 cm³/mol. The summed E-state index contributed by atoms with van der Waals surface area (Å²) in [6.45, 7) is 0.713. The van der Waals surface area contributed by atoms with E-state index in [2.05, 4.69) is 11.4 Å². The van der Waals surface area contributed by atoms with E-state index in [9.17, 15) is 5.26 Å². The summed E-state index contributed by atoms with van der Waals surface area (Å²) in [6.07, 6.45) is 0. The molecule has 92 valence electrons. The molecule has 0 saturated heterocycles. The second kappa shape index (κ2) is 7.33. The second-order valence-corrected chi connectivity index (χ2v) is 4.78. The molecule has 1 unspecified atom stereocenters. The van der Waals surface area contributed by atoms with E-state index in [4.69, 9.17) is 4.74 Å². The summed E-state index contributed by atoms with van der Waals surface area (Å²) >= 11 is 1.72. The Kier molecular flexibility index (Phi) is 6.06. The Hall–Kier alpha value is -1.02. The lowest BCUT2D eigenvalue weighted by Crippen LogP contribution is -2.41. The van der Waals surface area contributed by atoms with Crippen LogP contribution in [0.5, 0.6) is 0 Å². The van der Waals surface area contributed by atoms with Gasteiger partial charge in [0.1, 0.15) is 5.54 Å². The van der Waals surface area contributed by atoms with Crippen LogP contribution in [-0.2, 0) is 10.3 Å². The van der Waals surface area contributed by atoms with Gasteiger partial charge in [-0.3, -0.25) is 5.32 Å². The van der Waals surface area contributed by atoms with Crippen molar-refractivity contribution in [1.29, 1.82) is 5.26 Å². The first-order chi connectivity index (χ1) is 8.29. The van der Waals surface area contributed by atoms with E-state index >= 15 is 0 Å². The van der Waals surface area contributed by atoms with Crippen molar-refractivity contribution >= 4 is 11.8 Å². The van der Waals surface area contributed by atoms with Gasteiger partial charge in [0.2, 0.25) is 0 Å². The van der Waals surface area contributed by atoms with Crippen molar-refractivity contribution in [3.63, 3.8) is 0 Å². The van der Waals surface area contributed by atoms with Crippen LogP contribution in [0.4, 0.5) is 0 Å². The molecule has 0 radical (unpaired) electrons. The zero-order valence-corrected chi connectivity index (χ0v) is 11.1. The van der Waals surface area contributed by atoms with Gasteiger partial charge in [-0.15, -0.1) is 0 Å². The number of nitrogens with one attached hydrogen (secondary N) is 1.